The summed E-state index contributed by atoms with van der Waals surface area (Å²) in [5, 5.41) is 12.0. The number of nitrogens with one attached hydrogen (secondary N) is 1. The zero-order valence-electron chi connectivity index (χ0n) is 9.50. The molecule has 1 rings (SSSR count). The predicted molar refractivity (Wildman–Crippen MR) is 68.6 cm³/mol. The number of carbonyl (C=O) groups is 1. The van der Waals surface area contributed by atoms with E-state index in [0.29, 0.717) is 24.9 Å². The van der Waals surface area contributed by atoms with Crippen molar-refractivity contribution in [3.63, 3.8) is 0 Å². The number of halogens is 1. The maximum absolute atomic E-state index is 10.9. The maximum Gasteiger partial charge on any atom is 0.305 e. The molecule has 0 unspecified atom stereocenters. The zero-order valence-corrected chi connectivity index (χ0v) is 11.1. The first-order valence-electron chi connectivity index (χ1n) is 5.17. The van der Waals surface area contributed by atoms with E-state index in [9.17, 15) is 4.79 Å². The standard InChI is InChI=1S/C12H13BrN2O2/c1-17-12(16)3-2-6-15-11-7-10(13)5-4-9(11)8-14/h4-5,7,15H,2-3,6H2,1H3. The molecular formula is C12H13BrN2O2. The second kappa shape index (κ2) is 6.92. The number of esters is 1. The third-order valence-electron chi connectivity index (χ3n) is 2.20. The number of ether oxygens (including phenoxy) is 1. The van der Waals surface area contributed by atoms with Gasteiger partial charge in [0.25, 0.3) is 0 Å². The molecule has 0 saturated carbocycles. The van der Waals surface area contributed by atoms with Crippen molar-refractivity contribution < 1.29 is 9.53 Å². The Labute approximate surface area is 109 Å². The highest BCUT2D eigenvalue weighted by atomic mass is 79.9. The molecular weight excluding hydrogens is 284 g/mol. The Morgan fingerprint density at radius 2 is 2.35 bits per heavy atom. The minimum absolute atomic E-state index is 0.221. The van der Waals surface area contributed by atoms with Crippen LogP contribution < -0.4 is 5.32 Å². The number of benzene rings is 1. The molecule has 4 nitrogen and oxygen atoms in total. The van der Waals surface area contributed by atoms with E-state index in [4.69, 9.17) is 5.26 Å². The number of hydrogen-bond donors (Lipinski definition) is 1. The van der Waals surface area contributed by atoms with Crippen molar-refractivity contribution in [2.24, 2.45) is 0 Å². The number of methoxy groups -OCH3 is 1. The number of carbonyl (C=O) groups excluding carboxylic acids is 1. The first kappa shape index (κ1) is 13.5. The van der Waals surface area contributed by atoms with E-state index < -0.39 is 0 Å². The fraction of sp³-hybridized carbons (Fsp3) is 0.333. The Kier molecular flexibility index (Phi) is 5.50. The van der Waals surface area contributed by atoms with E-state index in [1.165, 1.54) is 7.11 Å². The molecule has 0 bridgehead atoms. The van der Waals surface area contributed by atoms with Gasteiger partial charge in [0, 0.05) is 17.4 Å². The minimum atomic E-state index is -0.221. The lowest BCUT2D eigenvalue weighted by Gasteiger charge is -2.08. The normalized spacial score (nSPS) is 9.47. The molecule has 0 aromatic heterocycles. The molecule has 0 aliphatic rings. The lowest BCUT2D eigenvalue weighted by atomic mass is 10.2. The molecule has 0 radical (unpaired) electrons. The fourth-order valence-corrected chi connectivity index (χ4v) is 1.68. The Hall–Kier alpha value is -1.54. The number of anilines is 1. The first-order valence-corrected chi connectivity index (χ1v) is 5.97. The second-order valence-electron chi connectivity index (χ2n) is 3.41. The molecule has 90 valence electrons. The summed E-state index contributed by atoms with van der Waals surface area (Å²) in [6, 6.07) is 7.51. The Bertz CT molecular complexity index is 441. The molecule has 1 aromatic carbocycles. The lowest BCUT2D eigenvalue weighted by molar-refractivity contribution is -0.140. The summed E-state index contributed by atoms with van der Waals surface area (Å²) in [7, 11) is 1.37. The van der Waals surface area contributed by atoms with Crippen molar-refractivity contribution in [2.75, 3.05) is 19.0 Å². The molecule has 0 aliphatic heterocycles. The summed E-state index contributed by atoms with van der Waals surface area (Å²) < 4.78 is 5.45. The Balaban J connectivity index is 2.49. The van der Waals surface area contributed by atoms with Crippen LogP contribution in [0.4, 0.5) is 5.69 Å². The van der Waals surface area contributed by atoms with Crippen LogP contribution in [0.25, 0.3) is 0 Å². The number of nitrogens with zero attached hydrogens (tertiary/aromatic N) is 1. The lowest BCUT2D eigenvalue weighted by Crippen LogP contribution is -2.07. The van der Waals surface area contributed by atoms with Crippen LogP contribution in [-0.4, -0.2) is 19.6 Å². The monoisotopic (exact) mass is 296 g/mol. The van der Waals surface area contributed by atoms with Gasteiger partial charge in [-0.05, 0) is 24.6 Å². The summed E-state index contributed by atoms with van der Waals surface area (Å²) in [6.45, 7) is 0.625. The second-order valence-corrected chi connectivity index (χ2v) is 4.32. The van der Waals surface area contributed by atoms with Gasteiger partial charge in [0.15, 0.2) is 0 Å². The first-order chi connectivity index (χ1) is 8.17. The summed E-state index contributed by atoms with van der Waals surface area (Å²) >= 11 is 3.35. The Morgan fingerprint density at radius 1 is 1.59 bits per heavy atom. The molecule has 0 fully saturated rings. The average molecular weight is 297 g/mol. The molecule has 0 amide bonds. The number of nitriles is 1. The molecule has 1 N–H and O–H groups in total. The van der Waals surface area contributed by atoms with E-state index in [0.717, 1.165) is 10.2 Å². The van der Waals surface area contributed by atoms with Crippen LogP contribution in [-0.2, 0) is 9.53 Å². The topological polar surface area (TPSA) is 62.1 Å². The SMILES string of the molecule is COC(=O)CCCNc1cc(Br)ccc1C#N. The van der Waals surface area contributed by atoms with Crippen molar-refractivity contribution in [1.82, 2.24) is 0 Å². The van der Waals surface area contributed by atoms with Crippen LogP contribution in [0.1, 0.15) is 18.4 Å². The van der Waals surface area contributed by atoms with Gasteiger partial charge in [-0.3, -0.25) is 4.79 Å². The van der Waals surface area contributed by atoms with Gasteiger partial charge in [-0.1, -0.05) is 15.9 Å². The molecule has 0 aliphatic carbocycles. The van der Waals surface area contributed by atoms with Gasteiger partial charge in [-0.15, -0.1) is 0 Å². The number of hydrogen-bond acceptors (Lipinski definition) is 4. The third-order valence-corrected chi connectivity index (χ3v) is 2.70. The van der Waals surface area contributed by atoms with Gasteiger partial charge < -0.3 is 10.1 Å². The highest BCUT2D eigenvalue weighted by molar-refractivity contribution is 9.10. The highest BCUT2D eigenvalue weighted by Gasteiger charge is 2.03. The summed E-state index contributed by atoms with van der Waals surface area (Å²) in [6.07, 6.45) is 1.05. The third kappa shape index (κ3) is 4.45. The molecule has 0 saturated heterocycles. The minimum Gasteiger partial charge on any atom is -0.469 e. The van der Waals surface area contributed by atoms with E-state index in [2.05, 4.69) is 32.1 Å². The molecule has 0 atom stereocenters. The summed E-state index contributed by atoms with van der Waals surface area (Å²) in [5.74, 6) is -0.221. The van der Waals surface area contributed by atoms with Gasteiger partial charge in [-0.25, -0.2) is 0 Å². The van der Waals surface area contributed by atoms with Crippen LogP contribution in [0.15, 0.2) is 22.7 Å². The van der Waals surface area contributed by atoms with Crippen molar-refractivity contribution >= 4 is 27.6 Å². The van der Waals surface area contributed by atoms with Crippen molar-refractivity contribution in [1.29, 1.82) is 5.26 Å². The van der Waals surface area contributed by atoms with Crippen LogP contribution in [0.2, 0.25) is 0 Å². The van der Waals surface area contributed by atoms with E-state index in [1.807, 2.05) is 12.1 Å². The van der Waals surface area contributed by atoms with E-state index >= 15 is 0 Å². The largest absolute Gasteiger partial charge is 0.469 e. The van der Waals surface area contributed by atoms with Gasteiger partial charge in [0.05, 0.1) is 18.4 Å². The van der Waals surface area contributed by atoms with Crippen LogP contribution in [0.5, 0.6) is 0 Å². The van der Waals surface area contributed by atoms with Crippen LogP contribution >= 0.6 is 15.9 Å². The van der Waals surface area contributed by atoms with Crippen molar-refractivity contribution in [2.45, 2.75) is 12.8 Å². The maximum atomic E-state index is 10.9. The summed E-state index contributed by atoms with van der Waals surface area (Å²) in [5.41, 5.74) is 1.36. The fourth-order valence-electron chi connectivity index (χ4n) is 1.32. The molecule has 1 aromatic rings. The van der Waals surface area contributed by atoms with Gasteiger partial charge in [0.1, 0.15) is 6.07 Å². The highest BCUT2D eigenvalue weighted by Crippen LogP contribution is 2.20. The molecule has 0 spiro atoms. The molecule has 0 heterocycles. The molecule has 5 heteroatoms. The van der Waals surface area contributed by atoms with E-state index in [-0.39, 0.29) is 5.97 Å². The van der Waals surface area contributed by atoms with E-state index in [1.54, 1.807) is 6.07 Å². The van der Waals surface area contributed by atoms with Gasteiger partial charge in [-0.2, -0.15) is 5.26 Å². The number of rotatable bonds is 5. The zero-order chi connectivity index (χ0) is 12.7. The van der Waals surface area contributed by atoms with Gasteiger partial charge >= 0.3 is 5.97 Å². The summed E-state index contributed by atoms with van der Waals surface area (Å²) in [4.78, 5) is 10.9. The average Bonchev–Trinajstić information content (AvgIpc) is 2.34. The Morgan fingerprint density at radius 3 is 3.00 bits per heavy atom. The van der Waals surface area contributed by atoms with Crippen molar-refractivity contribution in [3.05, 3.63) is 28.2 Å². The van der Waals surface area contributed by atoms with Crippen LogP contribution in [0, 0.1) is 11.3 Å². The van der Waals surface area contributed by atoms with Crippen molar-refractivity contribution in [3.8, 4) is 6.07 Å². The smallest absolute Gasteiger partial charge is 0.305 e. The molecule has 17 heavy (non-hydrogen) atoms. The van der Waals surface area contributed by atoms with Gasteiger partial charge in [0.2, 0.25) is 0 Å². The van der Waals surface area contributed by atoms with Crippen LogP contribution in [0.3, 0.4) is 0 Å². The predicted octanol–water partition coefficient (Wildman–Crippen LogP) is 2.69. The quantitative estimate of drug-likeness (QED) is 0.670.